The molecule has 0 radical (unpaired) electrons. The van der Waals surface area contributed by atoms with E-state index in [9.17, 15) is 14.6 Å². The smallest absolute Gasteiger partial charge is 0.136 e. The number of halogens is 5. The fraction of sp³-hybridized carbons (Fsp3) is 0.438. The summed E-state index contributed by atoms with van der Waals surface area (Å²) in [5.74, 6) is -0.0995. The van der Waals surface area contributed by atoms with Gasteiger partial charge in [-0.05, 0) is 37.6 Å². The lowest BCUT2D eigenvalue weighted by atomic mass is 10.0. The Morgan fingerprint density at radius 3 is 2.69 bits per heavy atom. The van der Waals surface area contributed by atoms with Gasteiger partial charge in [0.15, 0.2) is 0 Å². The normalized spacial score (nSPS) is 20.6. The number of imidazole rings is 1. The van der Waals surface area contributed by atoms with Gasteiger partial charge >= 0.3 is 0 Å². The number of aliphatic hydroxyl groups is 2. The molecule has 2 aromatic rings. The van der Waals surface area contributed by atoms with Crippen molar-refractivity contribution in [3.8, 4) is 0 Å². The molecule has 5 nitrogen and oxygen atoms in total. The number of hydrogen-bond acceptors (Lipinski definition) is 4. The van der Waals surface area contributed by atoms with Crippen molar-refractivity contribution in [3.05, 3.63) is 39.9 Å². The molecule has 0 aliphatic carbocycles. The average molecular weight is 447 g/mol. The van der Waals surface area contributed by atoms with Crippen molar-refractivity contribution >= 4 is 59.0 Å². The van der Waals surface area contributed by atoms with Gasteiger partial charge in [0.2, 0.25) is 0 Å². The van der Waals surface area contributed by atoms with Crippen LogP contribution in [0.1, 0.15) is 18.7 Å². The van der Waals surface area contributed by atoms with E-state index in [1.165, 1.54) is 6.08 Å². The maximum absolute atomic E-state index is 14.5. The van der Waals surface area contributed by atoms with Gasteiger partial charge in [-0.2, -0.15) is 0 Å². The number of aromatic nitrogens is 2. The van der Waals surface area contributed by atoms with Gasteiger partial charge in [-0.1, -0.05) is 23.2 Å². The molecule has 1 saturated heterocycles. The minimum Gasteiger partial charge on any atom is -0.391 e. The molecule has 0 saturated carbocycles. The number of rotatable bonds is 4. The number of aliphatic hydroxyl groups excluding tert-OH is 2. The standard InChI is InChI=1S/C16H18Cl2FN3O2.2ClH/c17-10-5-12-14(6-11(10)18)22(16(8-23)21-12)7-9(19)4-13-15(24)2-1-3-20-13;;/h4-6,13,15,20,23-24H,1-3,7-8H2;2*1H/b9-4-;;. The van der Waals surface area contributed by atoms with Crippen molar-refractivity contribution in [2.45, 2.75) is 38.1 Å². The topological polar surface area (TPSA) is 70.3 Å². The molecule has 2 atom stereocenters. The zero-order chi connectivity index (χ0) is 17.3. The summed E-state index contributed by atoms with van der Waals surface area (Å²) in [6, 6.07) is 2.78. The molecule has 2 heterocycles. The minimum atomic E-state index is -0.602. The lowest BCUT2D eigenvalue weighted by Gasteiger charge is -2.26. The van der Waals surface area contributed by atoms with Crippen LogP contribution in [0, 0.1) is 0 Å². The summed E-state index contributed by atoms with van der Waals surface area (Å²) in [5, 5.41) is 23.2. The van der Waals surface area contributed by atoms with Crippen molar-refractivity contribution in [3.63, 3.8) is 0 Å². The monoisotopic (exact) mass is 445 g/mol. The summed E-state index contributed by atoms with van der Waals surface area (Å²) >= 11 is 12.0. The lowest BCUT2D eigenvalue weighted by Crippen LogP contribution is -2.43. The molecule has 3 N–H and O–H groups in total. The van der Waals surface area contributed by atoms with Crippen molar-refractivity contribution in [2.75, 3.05) is 6.54 Å². The average Bonchev–Trinajstić information content (AvgIpc) is 2.87. The van der Waals surface area contributed by atoms with Crippen LogP contribution in [-0.2, 0) is 13.2 Å². The van der Waals surface area contributed by atoms with E-state index in [2.05, 4.69) is 10.3 Å². The quantitative estimate of drug-likeness (QED) is 0.670. The third-order valence-corrected chi connectivity index (χ3v) is 4.87. The molecule has 1 aliphatic heterocycles. The van der Waals surface area contributed by atoms with Gasteiger partial charge in [-0.25, -0.2) is 9.37 Å². The number of allylic oxidation sites excluding steroid dienone is 1. The van der Waals surface area contributed by atoms with Crippen LogP contribution < -0.4 is 5.32 Å². The van der Waals surface area contributed by atoms with E-state index in [4.69, 9.17) is 23.2 Å². The molecule has 1 aromatic carbocycles. The van der Waals surface area contributed by atoms with Crippen LogP contribution in [-0.4, -0.2) is 38.5 Å². The molecule has 2 unspecified atom stereocenters. The van der Waals surface area contributed by atoms with E-state index in [1.807, 2.05) is 0 Å². The Labute approximate surface area is 173 Å². The van der Waals surface area contributed by atoms with Gasteiger partial charge in [0.25, 0.3) is 0 Å². The van der Waals surface area contributed by atoms with Crippen molar-refractivity contribution in [2.24, 2.45) is 0 Å². The van der Waals surface area contributed by atoms with Crippen LogP contribution in [0.5, 0.6) is 0 Å². The largest absolute Gasteiger partial charge is 0.391 e. The van der Waals surface area contributed by atoms with Crippen LogP contribution in [0.15, 0.2) is 24.0 Å². The van der Waals surface area contributed by atoms with E-state index in [1.54, 1.807) is 16.7 Å². The third-order valence-electron chi connectivity index (χ3n) is 4.15. The second-order valence-electron chi connectivity index (χ2n) is 5.83. The van der Waals surface area contributed by atoms with Crippen LogP contribution in [0.3, 0.4) is 0 Å². The highest BCUT2D eigenvalue weighted by Crippen LogP contribution is 2.29. The molecular formula is C16H20Cl4FN3O2. The van der Waals surface area contributed by atoms with Crippen molar-refractivity contribution in [1.82, 2.24) is 14.9 Å². The van der Waals surface area contributed by atoms with Gasteiger partial charge < -0.3 is 20.1 Å². The number of benzene rings is 1. The summed E-state index contributed by atoms with van der Waals surface area (Å²) < 4.78 is 16.0. The Bertz CT molecular complexity index is 784. The first-order valence-electron chi connectivity index (χ1n) is 7.72. The summed E-state index contributed by atoms with van der Waals surface area (Å²) in [7, 11) is 0. The summed E-state index contributed by atoms with van der Waals surface area (Å²) in [6.45, 7) is 0.312. The second kappa shape index (κ2) is 10.1. The fourth-order valence-corrected chi connectivity index (χ4v) is 3.25. The summed E-state index contributed by atoms with van der Waals surface area (Å²) in [6.07, 6.45) is 2.29. The predicted octanol–water partition coefficient (Wildman–Crippen LogP) is 3.65. The van der Waals surface area contributed by atoms with E-state index in [0.717, 1.165) is 13.0 Å². The van der Waals surface area contributed by atoms with Crippen molar-refractivity contribution < 1.29 is 14.6 Å². The molecular weight excluding hydrogens is 427 g/mol. The predicted molar refractivity (Wildman–Crippen MR) is 106 cm³/mol. The van der Waals surface area contributed by atoms with Crippen LogP contribution in [0.4, 0.5) is 4.39 Å². The highest BCUT2D eigenvalue weighted by atomic mass is 35.5. The molecule has 26 heavy (non-hydrogen) atoms. The Hall–Kier alpha value is -0.600. The van der Waals surface area contributed by atoms with Gasteiger partial charge in [0, 0.05) is 0 Å². The van der Waals surface area contributed by atoms with Crippen molar-refractivity contribution in [1.29, 1.82) is 0 Å². The first kappa shape index (κ1) is 23.4. The zero-order valence-corrected chi connectivity index (χ0v) is 16.8. The number of piperidine rings is 1. The Morgan fingerprint density at radius 2 is 2.04 bits per heavy atom. The Balaban J connectivity index is 0.00000169. The fourth-order valence-electron chi connectivity index (χ4n) is 2.93. The van der Waals surface area contributed by atoms with E-state index in [-0.39, 0.29) is 38.0 Å². The lowest BCUT2D eigenvalue weighted by molar-refractivity contribution is 0.114. The van der Waals surface area contributed by atoms with E-state index < -0.39 is 18.0 Å². The first-order chi connectivity index (χ1) is 11.5. The Morgan fingerprint density at radius 1 is 1.35 bits per heavy atom. The molecule has 146 valence electrons. The van der Waals surface area contributed by atoms with Crippen LogP contribution in [0.2, 0.25) is 10.0 Å². The molecule has 0 amide bonds. The number of nitrogens with one attached hydrogen (secondary N) is 1. The maximum Gasteiger partial charge on any atom is 0.136 e. The van der Waals surface area contributed by atoms with Gasteiger partial charge in [0.05, 0.1) is 39.8 Å². The van der Waals surface area contributed by atoms with Gasteiger partial charge in [0.1, 0.15) is 18.3 Å². The second-order valence-corrected chi connectivity index (χ2v) is 6.64. The van der Waals surface area contributed by atoms with E-state index in [0.29, 0.717) is 33.3 Å². The Kier molecular flexibility index (Phi) is 9.09. The third kappa shape index (κ3) is 5.01. The summed E-state index contributed by atoms with van der Waals surface area (Å²) in [5.41, 5.74) is 1.13. The van der Waals surface area contributed by atoms with E-state index >= 15 is 0 Å². The first-order valence-corrected chi connectivity index (χ1v) is 8.48. The maximum atomic E-state index is 14.5. The van der Waals surface area contributed by atoms with Crippen LogP contribution in [0.25, 0.3) is 11.0 Å². The highest BCUT2D eigenvalue weighted by Gasteiger charge is 2.22. The molecule has 1 aromatic heterocycles. The molecule has 10 heteroatoms. The zero-order valence-electron chi connectivity index (χ0n) is 13.7. The SMILES string of the molecule is Cl.Cl.OCc1nc2cc(Cl)c(Cl)cc2n1C/C(F)=C/C1NCCCC1O. The van der Waals surface area contributed by atoms with Crippen LogP contribution >= 0.6 is 48.0 Å². The van der Waals surface area contributed by atoms with Gasteiger partial charge in [-0.15, -0.1) is 24.8 Å². The molecule has 1 aliphatic rings. The number of nitrogens with zero attached hydrogens (tertiary/aromatic N) is 2. The summed E-state index contributed by atoms with van der Waals surface area (Å²) in [4.78, 5) is 4.26. The van der Waals surface area contributed by atoms with Gasteiger partial charge in [-0.3, -0.25) is 0 Å². The minimum absolute atomic E-state index is 0. The highest BCUT2D eigenvalue weighted by molar-refractivity contribution is 6.42. The molecule has 0 spiro atoms. The number of hydrogen-bond donors (Lipinski definition) is 3. The molecule has 3 rings (SSSR count). The molecule has 0 bridgehead atoms. The number of fused-ring (bicyclic) bond motifs is 1. The molecule has 1 fully saturated rings.